The predicted molar refractivity (Wildman–Crippen MR) is 70.5 cm³/mol. The van der Waals surface area contributed by atoms with Gasteiger partial charge in [-0.3, -0.25) is 0 Å². The number of aromatic nitrogens is 3. The van der Waals surface area contributed by atoms with Gasteiger partial charge in [-0.25, -0.2) is 13.9 Å². The van der Waals surface area contributed by atoms with Gasteiger partial charge in [0.25, 0.3) is 0 Å². The van der Waals surface area contributed by atoms with Crippen molar-refractivity contribution in [1.29, 1.82) is 0 Å². The van der Waals surface area contributed by atoms with Gasteiger partial charge in [0.15, 0.2) is 0 Å². The molecule has 0 amide bonds. The Morgan fingerprint density at radius 1 is 1.30 bits per heavy atom. The van der Waals surface area contributed by atoms with E-state index >= 15 is 0 Å². The number of halogens is 1. The smallest absolute Gasteiger partial charge is 0.335 e. The van der Waals surface area contributed by atoms with E-state index in [0.29, 0.717) is 16.7 Å². The van der Waals surface area contributed by atoms with E-state index < -0.39 is 11.8 Å². The van der Waals surface area contributed by atoms with Crippen molar-refractivity contribution < 1.29 is 14.3 Å². The summed E-state index contributed by atoms with van der Waals surface area (Å²) >= 11 is 0. The molecule has 0 aliphatic carbocycles. The number of nitrogens with zero attached hydrogens (tertiary/aromatic N) is 3. The molecule has 1 aromatic heterocycles. The van der Waals surface area contributed by atoms with Crippen molar-refractivity contribution in [3.05, 3.63) is 53.3 Å². The maximum atomic E-state index is 14.0. The van der Waals surface area contributed by atoms with Crippen LogP contribution in [0.2, 0.25) is 0 Å². The Balaban J connectivity index is 2.26. The summed E-state index contributed by atoms with van der Waals surface area (Å²) in [6, 6.07) is 9.18. The second-order valence-corrected chi connectivity index (χ2v) is 4.42. The van der Waals surface area contributed by atoms with Crippen LogP contribution in [-0.2, 0) is 0 Å². The number of hydrogen-bond donors (Lipinski definition) is 1. The van der Waals surface area contributed by atoms with Crippen molar-refractivity contribution in [3.63, 3.8) is 0 Å². The van der Waals surface area contributed by atoms with Crippen LogP contribution >= 0.6 is 0 Å². The number of rotatable bonds is 2. The third-order valence-corrected chi connectivity index (χ3v) is 3.09. The Morgan fingerprint density at radius 2 is 2.10 bits per heavy atom. The molecular formula is C14H10FN3O2. The van der Waals surface area contributed by atoms with Crippen LogP contribution in [0.5, 0.6) is 0 Å². The molecule has 2 aromatic carbocycles. The summed E-state index contributed by atoms with van der Waals surface area (Å²) in [4.78, 5) is 10.9. The van der Waals surface area contributed by atoms with E-state index in [1.165, 1.54) is 22.9 Å². The van der Waals surface area contributed by atoms with Gasteiger partial charge >= 0.3 is 5.97 Å². The number of aryl methyl sites for hydroxylation is 1. The third kappa shape index (κ3) is 1.82. The Bertz CT molecular complexity index is 806. The van der Waals surface area contributed by atoms with E-state index in [2.05, 4.69) is 10.3 Å². The lowest BCUT2D eigenvalue weighted by atomic mass is 10.1. The number of para-hydroxylation sites is 1. The van der Waals surface area contributed by atoms with Gasteiger partial charge in [-0.2, -0.15) is 0 Å². The fraction of sp³-hybridized carbons (Fsp3) is 0.0714. The first-order valence-corrected chi connectivity index (χ1v) is 5.92. The van der Waals surface area contributed by atoms with Gasteiger partial charge in [0.1, 0.15) is 17.0 Å². The van der Waals surface area contributed by atoms with E-state index in [-0.39, 0.29) is 5.56 Å². The van der Waals surface area contributed by atoms with E-state index in [1.807, 2.05) is 0 Å². The minimum Gasteiger partial charge on any atom is -0.478 e. The standard InChI is InChI=1S/C14H10FN3O2/c1-8-3-2-4-10(15)13(8)18-12-6-5-9(14(19)20)7-11(12)16-17-18/h2-7H,1H3,(H,19,20). The van der Waals surface area contributed by atoms with Gasteiger partial charge in [-0.15, -0.1) is 5.10 Å². The number of carboxylic acids is 1. The second-order valence-electron chi connectivity index (χ2n) is 4.42. The molecule has 20 heavy (non-hydrogen) atoms. The molecule has 3 rings (SSSR count). The first-order chi connectivity index (χ1) is 9.58. The predicted octanol–water partition coefficient (Wildman–Crippen LogP) is 2.57. The lowest BCUT2D eigenvalue weighted by Gasteiger charge is -2.07. The fourth-order valence-electron chi connectivity index (χ4n) is 2.11. The third-order valence-electron chi connectivity index (χ3n) is 3.09. The largest absolute Gasteiger partial charge is 0.478 e. The molecule has 1 N–H and O–H groups in total. The number of hydrogen-bond acceptors (Lipinski definition) is 3. The molecule has 1 heterocycles. The molecule has 3 aromatic rings. The molecule has 0 unspecified atom stereocenters. The molecule has 0 saturated carbocycles. The molecular weight excluding hydrogens is 261 g/mol. The van der Waals surface area contributed by atoms with Gasteiger partial charge in [0.2, 0.25) is 0 Å². The molecule has 0 bridgehead atoms. The first kappa shape index (κ1) is 12.3. The summed E-state index contributed by atoms with van der Waals surface area (Å²) < 4.78 is 15.3. The maximum Gasteiger partial charge on any atom is 0.335 e. The zero-order valence-electron chi connectivity index (χ0n) is 10.5. The lowest BCUT2D eigenvalue weighted by molar-refractivity contribution is 0.0697. The van der Waals surface area contributed by atoms with Crippen molar-refractivity contribution in [2.24, 2.45) is 0 Å². The van der Waals surface area contributed by atoms with Crippen LogP contribution in [0, 0.1) is 12.7 Å². The van der Waals surface area contributed by atoms with Crippen LogP contribution in [0.1, 0.15) is 15.9 Å². The highest BCUT2D eigenvalue weighted by atomic mass is 19.1. The van der Waals surface area contributed by atoms with Crippen molar-refractivity contribution in [2.75, 3.05) is 0 Å². The van der Waals surface area contributed by atoms with E-state index in [0.717, 1.165) is 5.56 Å². The summed E-state index contributed by atoms with van der Waals surface area (Å²) in [7, 11) is 0. The summed E-state index contributed by atoms with van der Waals surface area (Å²) in [6.07, 6.45) is 0. The van der Waals surface area contributed by atoms with Crippen LogP contribution < -0.4 is 0 Å². The van der Waals surface area contributed by atoms with Crippen LogP contribution in [-0.4, -0.2) is 26.1 Å². The highest BCUT2D eigenvalue weighted by Gasteiger charge is 2.14. The zero-order chi connectivity index (χ0) is 14.3. The van der Waals surface area contributed by atoms with Crippen LogP contribution in [0.15, 0.2) is 36.4 Å². The minimum absolute atomic E-state index is 0.120. The Morgan fingerprint density at radius 3 is 2.80 bits per heavy atom. The van der Waals surface area contributed by atoms with Crippen molar-refractivity contribution in [2.45, 2.75) is 6.92 Å². The Kier molecular flexibility index (Phi) is 2.71. The van der Waals surface area contributed by atoms with Crippen LogP contribution in [0.25, 0.3) is 16.7 Å². The second kappa shape index (κ2) is 4.41. The quantitative estimate of drug-likeness (QED) is 0.777. The van der Waals surface area contributed by atoms with Gasteiger partial charge in [0.05, 0.1) is 11.1 Å². The van der Waals surface area contributed by atoms with Crippen molar-refractivity contribution in [3.8, 4) is 5.69 Å². The van der Waals surface area contributed by atoms with Gasteiger partial charge in [0, 0.05) is 0 Å². The highest BCUT2D eigenvalue weighted by Crippen LogP contribution is 2.22. The molecule has 0 saturated heterocycles. The summed E-state index contributed by atoms with van der Waals surface area (Å²) in [5.74, 6) is -1.44. The highest BCUT2D eigenvalue weighted by molar-refractivity contribution is 5.92. The average Bonchev–Trinajstić information content (AvgIpc) is 2.81. The number of aromatic carboxylic acids is 1. The molecule has 100 valence electrons. The number of carboxylic acid groups (broad SMARTS) is 1. The molecule has 6 heteroatoms. The molecule has 0 spiro atoms. The number of benzene rings is 2. The molecule has 5 nitrogen and oxygen atoms in total. The minimum atomic E-state index is -1.04. The normalized spacial score (nSPS) is 10.9. The summed E-state index contributed by atoms with van der Waals surface area (Å²) in [6.45, 7) is 1.78. The lowest BCUT2D eigenvalue weighted by Crippen LogP contribution is -2.03. The Hall–Kier alpha value is -2.76. The van der Waals surface area contributed by atoms with Crippen molar-refractivity contribution >= 4 is 17.0 Å². The topological polar surface area (TPSA) is 68.0 Å². The van der Waals surface area contributed by atoms with Crippen LogP contribution in [0.3, 0.4) is 0 Å². The molecule has 0 fully saturated rings. The maximum absolute atomic E-state index is 14.0. The van der Waals surface area contributed by atoms with Gasteiger partial charge in [-0.1, -0.05) is 17.3 Å². The van der Waals surface area contributed by atoms with Gasteiger partial charge < -0.3 is 5.11 Å². The molecule has 0 radical (unpaired) electrons. The SMILES string of the molecule is Cc1cccc(F)c1-n1nnc2cc(C(=O)O)ccc21. The zero-order valence-corrected chi connectivity index (χ0v) is 10.5. The van der Waals surface area contributed by atoms with E-state index in [4.69, 9.17) is 5.11 Å². The van der Waals surface area contributed by atoms with Gasteiger partial charge in [-0.05, 0) is 36.8 Å². The molecule has 0 aliphatic heterocycles. The number of fused-ring (bicyclic) bond motifs is 1. The molecule has 0 aliphatic rings. The van der Waals surface area contributed by atoms with Crippen LogP contribution in [0.4, 0.5) is 4.39 Å². The van der Waals surface area contributed by atoms with E-state index in [9.17, 15) is 9.18 Å². The number of carbonyl (C=O) groups is 1. The summed E-state index contributed by atoms with van der Waals surface area (Å²) in [5.41, 5.74) is 2.13. The van der Waals surface area contributed by atoms with E-state index in [1.54, 1.807) is 25.1 Å². The monoisotopic (exact) mass is 271 g/mol. The fourth-order valence-corrected chi connectivity index (χ4v) is 2.11. The first-order valence-electron chi connectivity index (χ1n) is 5.92. The Labute approximate surface area is 113 Å². The average molecular weight is 271 g/mol. The van der Waals surface area contributed by atoms with Crippen molar-refractivity contribution in [1.82, 2.24) is 15.0 Å². The molecule has 0 atom stereocenters. The summed E-state index contributed by atoms with van der Waals surface area (Å²) in [5, 5.41) is 16.8.